The number of anilines is 1. The lowest BCUT2D eigenvalue weighted by atomic mass is 9.97. The van der Waals surface area contributed by atoms with Crippen molar-refractivity contribution in [3.05, 3.63) is 83.3 Å². The third-order valence-electron chi connectivity index (χ3n) is 4.96. The molecule has 2 unspecified atom stereocenters. The van der Waals surface area contributed by atoms with E-state index in [2.05, 4.69) is 10.6 Å². The molecule has 0 spiro atoms. The molecule has 1 heterocycles. The zero-order chi connectivity index (χ0) is 22.4. The molecule has 3 rings (SSSR count). The summed E-state index contributed by atoms with van der Waals surface area (Å²) in [6, 6.07) is 18.8. The summed E-state index contributed by atoms with van der Waals surface area (Å²) in [5, 5.41) is 27.0. The van der Waals surface area contributed by atoms with Gasteiger partial charge in [0, 0.05) is 18.2 Å². The molecule has 0 aromatic heterocycles. The highest BCUT2D eigenvalue weighted by atomic mass is 16.3. The molecule has 6 heteroatoms. The highest BCUT2D eigenvalue weighted by Gasteiger charge is 2.32. The summed E-state index contributed by atoms with van der Waals surface area (Å²) < 4.78 is 0. The van der Waals surface area contributed by atoms with Gasteiger partial charge < -0.3 is 20.8 Å². The molecule has 0 aliphatic carbocycles. The second kappa shape index (κ2) is 10.1. The first-order chi connectivity index (χ1) is 14.8. The van der Waals surface area contributed by atoms with Crippen LogP contribution in [0.5, 0.6) is 0 Å². The lowest BCUT2D eigenvalue weighted by Crippen LogP contribution is -2.30. The summed E-state index contributed by atoms with van der Waals surface area (Å²) in [7, 11) is 0. The second-order valence-electron chi connectivity index (χ2n) is 7.94. The third-order valence-corrected chi connectivity index (χ3v) is 4.96. The second-order valence-corrected chi connectivity index (χ2v) is 7.94. The number of nitrogens with zero attached hydrogens (tertiary/aromatic N) is 1. The first kappa shape index (κ1) is 22.3. The van der Waals surface area contributed by atoms with Gasteiger partial charge in [0.15, 0.2) is 5.76 Å². The minimum Gasteiger partial charge on any atom is -0.505 e. The minimum atomic E-state index is -0.549. The Hall–Kier alpha value is -3.38. The fourth-order valence-corrected chi connectivity index (χ4v) is 3.57. The Bertz CT molecular complexity index is 1000. The van der Waals surface area contributed by atoms with Gasteiger partial charge in [-0.25, -0.2) is 0 Å². The average molecular weight is 420 g/mol. The number of rotatable bonds is 8. The Balaban J connectivity index is 2.02. The average Bonchev–Trinajstić information content (AvgIpc) is 3.03. The largest absolute Gasteiger partial charge is 0.505 e. The highest BCUT2D eigenvalue weighted by molar-refractivity contribution is 6.25. The number of benzene rings is 2. The first-order valence-corrected chi connectivity index (χ1v) is 10.4. The lowest BCUT2D eigenvalue weighted by Gasteiger charge is -2.22. The van der Waals surface area contributed by atoms with Crippen LogP contribution in [0.4, 0.5) is 11.4 Å². The molecule has 2 aromatic rings. The Labute approximate surface area is 183 Å². The number of nitrogens with one attached hydrogen (secondary N) is 2. The zero-order valence-electron chi connectivity index (χ0n) is 18.1. The Morgan fingerprint density at radius 1 is 1.06 bits per heavy atom. The highest BCUT2D eigenvalue weighted by Crippen LogP contribution is 2.27. The van der Waals surface area contributed by atoms with Crippen molar-refractivity contribution in [1.82, 2.24) is 5.32 Å². The summed E-state index contributed by atoms with van der Waals surface area (Å²) in [6.45, 7) is 5.39. The number of aliphatic imine (C=N–C) groups is 1. The van der Waals surface area contributed by atoms with Gasteiger partial charge in [0.2, 0.25) is 0 Å². The van der Waals surface area contributed by atoms with Crippen molar-refractivity contribution in [1.29, 1.82) is 0 Å². The van der Waals surface area contributed by atoms with E-state index in [0.29, 0.717) is 29.9 Å². The standard InChI is InChI=1S/C25H29N3O3/c1-16(2)23-24(30)22(25(31)28-23)21(27-19-12-8-5-9-13-19)15-20(14-17(3)29)26-18-10-6-4-7-11-18/h4-13,17,20,26,29-30H,14-15H2,1-3H3,(H,28,31). The van der Waals surface area contributed by atoms with Crippen LogP contribution in [0.3, 0.4) is 0 Å². The number of hydrogen-bond acceptors (Lipinski definition) is 5. The van der Waals surface area contributed by atoms with E-state index in [1.807, 2.05) is 74.5 Å². The monoisotopic (exact) mass is 419 g/mol. The van der Waals surface area contributed by atoms with Crippen molar-refractivity contribution in [2.75, 3.05) is 5.32 Å². The van der Waals surface area contributed by atoms with E-state index in [9.17, 15) is 15.0 Å². The van der Waals surface area contributed by atoms with E-state index < -0.39 is 6.10 Å². The van der Waals surface area contributed by atoms with E-state index in [-0.39, 0.29) is 23.3 Å². The van der Waals surface area contributed by atoms with Crippen LogP contribution in [0.1, 0.15) is 33.6 Å². The number of amides is 1. The Kier molecular flexibility index (Phi) is 7.26. The van der Waals surface area contributed by atoms with Crippen LogP contribution >= 0.6 is 0 Å². The molecule has 4 N–H and O–H groups in total. The van der Waals surface area contributed by atoms with Crippen molar-refractivity contribution in [2.45, 2.75) is 45.8 Å². The van der Waals surface area contributed by atoms with Crippen LogP contribution in [0.25, 0.3) is 0 Å². The van der Waals surface area contributed by atoms with Gasteiger partial charge >= 0.3 is 0 Å². The molecule has 1 aliphatic rings. The quantitative estimate of drug-likeness (QED) is 0.469. The smallest absolute Gasteiger partial charge is 0.261 e. The van der Waals surface area contributed by atoms with Crippen LogP contribution in [0.2, 0.25) is 0 Å². The molecule has 2 aromatic carbocycles. The van der Waals surface area contributed by atoms with Crippen LogP contribution in [0.15, 0.2) is 88.3 Å². The molecule has 0 saturated carbocycles. The zero-order valence-corrected chi connectivity index (χ0v) is 18.1. The predicted octanol–water partition coefficient (Wildman–Crippen LogP) is 4.64. The normalized spacial score (nSPS) is 16.2. The molecule has 1 aliphatic heterocycles. The molecule has 0 radical (unpaired) electrons. The first-order valence-electron chi connectivity index (χ1n) is 10.4. The maximum absolute atomic E-state index is 12.8. The molecule has 162 valence electrons. The van der Waals surface area contributed by atoms with E-state index in [4.69, 9.17) is 4.99 Å². The number of carbonyl (C=O) groups excluding carboxylic acids is 1. The van der Waals surface area contributed by atoms with Crippen LogP contribution in [-0.4, -0.2) is 34.0 Å². The maximum Gasteiger partial charge on any atom is 0.261 e. The fraction of sp³-hybridized carbons (Fsp3) is 0.280. The van der Waals surface area contributed by atoms with Gasteiger partial charge in [-0.05, 0) is 57.0 Å². The number of para-hydroxylation sites is 2. The summed E-state index contributed by atoms with van der Waals surface area (Å²) in [4.78, 5) is 17.5. The molecule has 0 saturated heterocycles. The van der Waals surface area contributed by atoms with Crippen LogP contribution in [-0.2, 0) is 4.79 Å². The maximum atomic E-state index is 12.8. The Morgan fingerprint density at radius 2 is 1.68 bits per heavy atom. The Morgan fingerprint density at radius 3 is 2.23 bits per heavy atom. The molecular formula is C25H29N3O3. The van der Waals surface area contributed by atoms with Gasteiger partial charge in [-0.2, -0.15) is 0 Å². The van der Waals surface area contributed by atoms with E-state index in [1.165, 1.54) is 0 Å². The van der Waals surface area contributed by atoms with Gasteiger partial charge in [-0.3, -0.25) is 9.79 Å². The number of allylic oxidation sites excluding steroid dienone is 1. The molecular weight excluding hydrogens is 390 g/mol. The number of aliphatic hydroxyl groups is 2. The minimum absolute atomic E-state index is 0.0878. The van der Waals surface area contributed by atoms with E-state index in [1.54, 1.807) is 6.92 Å². The molecule has 31 heavy (non-hydrogen) atoms. The van der Waals surface area contributed by atoms with Crippen molar-refractivity contribution in [3.8, 4) is 0 Å². The van der Waals surface area contributed by atoms with Gasteiger partial charge in [0.1, 0.15) is 5.57 Å². The van der Waals surface area contributed by atoms with E-state index in [0.717, 1.165) is 11.3 Å². The van der Waals surface area contributed by atoms with Gasteiger partial charge in [0.25, 0.3) is 5.91 Å². The fourth-order valence-electron chi connectivity index (χ4n) is 3.57. The van der Waals surface area contributed by atoms with Crippen LogP contribution < -0.4 is 10.6 Å². The molecule has 0 bridgehead atoms. The molecule has 1 amide bonds. The van der Waals surface area contributed by atoms with Gasteiger partial charge in [0.05, 0.1) is 23.2 Å². The van der Waals surface area contributed by atoms with Crippen molar-refractivity contribution >= 4 is 23.0 Å². The van der Waals surface area contributed by atoms with Gasteiger partial charge in [-0.1, -0.05) is 36.4 Å². The van der Waals surface area contributed by atoms with Crippen molar-refractivity contribution in [3.63, 3.8) is 0 Å². The van der Waals surface area contributed by atoms with Crippen molar-refractivity contribution < 1.29 is 15.0 Å². The summed E-state index contributed by atoms with van der Waals surface area (Å²) >= 11 is 0. The number of aliphatic hydroxyl groups excluding tert-OH is 2. The summed E-state index contributed by atoms with van der Waals surface area (Å²) in [5.74, 6) is -0.464. The third kappa shape index (κ3) is 5.83. The predicted molar refractivity (Wildman–Crippen MR) is 124 cm³/mol. The SMILES string of the molecule is CC(C)=C1NC(=O)C(C(CC(CC(C)O)Nc2ccccc2)=Nc2ccccc2)=C1O. The van der Waals surface area contributed by atoms with E-state index >= 15 is 0 Å². The summed E-state index contributed by atoms with van der Waals surface area (Å²) in [6.07, 6.45) is 0.248. The number of hydrogen-bond donors (Lipinski definition) is 4. The summed E-state index contributed by atoms with van der Waals surface area (Å²) in [5.41, 5.74) is 3.46. The molecule has 0 fully saturated rings. The molecule has 2 atom stereocenters. The van der Waals surface area contributed by atoms with Crippen molar-refractivity contribution in [2.24, 2.45) is 4.99 Å². The lowest BCUT2D eigenvalue weighted by molar-refractivity contribution is -0.115. The van der Waals surface area contributed by atoms with Gasteiger partial charge in [-0.15, -0.1) is 0 Å². The van der Waals surface area contributed by atoms with Crippen LogP contribution in [0, 0.1) is 0 Å². The number of carbonyl (C=O) groups is 1. The molecule has 6 nitrogen and oxygen atoms in total. The topological polar surface area (TPSA) is 94.0 Å².